The Labute approximate surface area is 202 Å². The van der Waals surface area contributed by atoms with E-state index >= 15 is 0 Å². The van der Waals surface area contributed by atoms with E-state index in [9.17, 15) is 13.2 Å². The normalized spacial score (nSPS) is 19.9. The first-order valence-corrected chi connectivity index (χ1v) is 13.0. The lowest BCUT2D eigenvalue weighted by Crippen LogP contribution is -2.37. The fraction of sp³-hybridized carbons (Fsp3) is 0.207. The van der Waals surface area contributed by atoms with Gasteiger partial charge in [-0.05, 0) is 55.5 Å². The van der Waals surface area contributed by atoms with Crippen molar-refractivity contribution in [2.24, 2.45) is 5.92 Å². The number of sulfonamides is 1. The number of nitrogens with one attached hydrogen (secondary N) is 1. The summed E-state index contributed by atoms with van der Waals surface area (Å²) in [5, 5.41) is 0. The molecule has 0 radical (unpaired) electrons. The Morgan fingerprint density at radius 3 is 2.24 bits per heavy atom. The van der Waals surface area contributed by atoms with Crippen LogP contribution in [0.5, 0.6) is 0 Å². The summed E-state index contributed by atoms with van der Waals surface area (Å²) in [4.78, 5) is 14.0. The van der Waals surface area contributed by atoms with E-state index in [1.54, 1.807) is 24.3 Å². The molecule has 2 atom stereocenters. The third-order valence-electron chi connectivity index (χ3n) is 6.10. The fourth-order valence-corrected chi connectivity index (χ4v) is 5.52. The number of ketones is 1. The maximum Gasteiger partial charge on any atom is 0.241 e. The largest absolute Gasteiger partial charge is 0.294 e. The molecule has 0 fully saturated rings. The highest BCUT2D eigenvalue weighted by molar-refractivity contribution is 7.89. The number of hydrogen-bond acceptors (Lipinski definition) is 3. The second-order valence-electron chi connectivity index (χ2n) is 8.64. The molecule has 0 amide bonds. The van der Waals surface area contributed by atoms with Gasteiger partial charge in [0.15, 0.2) is 5.78 Å². The molecule has 1 N–H and O–H groups in total. The molecule has 5 heteroatoms. The smallest absolute Gasteiger partial charge is 0.241 e. The van der Waals surface area contributed by atoms with Crippen molar-refractivity contribution >= 4 is 21.9 Å². The van der Waals surface area contributed by atoms with E-state index in [1.165, 1.54) is 0 Å². The lowest BCUT2D eigenvalue weighted by atomic mass is 9.81. The molecule has 0 aromatic heterocycles. The van der Waals surface area contributed by atoms with Crippen LogP contribution in [-0.4, -0.2) is 14.2 Å². The van der Waals surface area contributed by atoms with Gasteiger partial charge in [0.2, 0.25) is 10.0 Å². The zero-order valence-corrected chi connectivity index (χ0v) is 20.0. The van der Waals surface area contributed by atoms with Gasteiger partial charge in [0.25, 0.3) is 0 Å². The topological polar surface area (TPSA) is 63.2 Å². The summed E-state index contributed by atoms with van der Waals surface area (Å²) in [7, 11) is -3.83. The Kier molecular flexibility index (Phi) is 7.56. The number of carbonyl (C=O) groups excluding carboxylic acids is 1. The predicted molar refractivity (Wildman–Crippen MR) is 137 cm³/mol. The van der Waals surface area contributed by atoms with Crippen molar-refractivity contribution in [3.05, 3.63) is 119 Å². The predicted octanol–water partition coefficient (Wildman–Crippen LogP) is 6.02. The number of Topliss-reactive ketones (excluding diaryl/α,β-unsaturated/α-hetero) is 1. The zero-order valence-electron chi connectivity index (χ0n) is 19.2. The van der Waals surface area contributed by atoms with Gasteiger partial charge < -0.3 is 0 Å². The molecule has 0 heterocycles. The first-order valence-electron chi connectivity index (χ1n) is 11.6. The van der Waals surface area contributed by atoms with Crippen molar-refractivity contribution in [2.75, 3.05) is 0 Å². The minimum absolute atomic E-state index is 0.0553. The Morgan fingerprint density at radius 2 is 1.56 bits per heavy atom. The van der Waals surface area contributed by atoms with Crippen molar-refractivity contribution in [1.29, 1.82) is 0 Å². The Balaban J connectivity index is 1.74. The van der Waals surface area contributed by atoms with Crippen molar-refractivity contribution < 1.29 is 13.2 Å². The Hall–Kier alpha value is -3.28. The standard InChI is InChI=1S/C29H29NO3S/c1-22-17-19-26(20-18-22)34(32,33)30-28(24-13-7-3-8-14-24)27-16-10-4-9-15-25(29(27)31)21-23-11-5-2-6-12-23/h2-3,5-9,11-15,17-21,27-28,30H,4,10,16H2,1H3/b15-9-,25-21+. The number of rotatable bonds is 6. The lowest BCUT2D eigenvalue weighted by molar-refractivity contribution is -0.119. The number of carbonyl (C=O) groups is 1. The summed E-state index contributed by atoms with van der Waals surface area (Å²) in [6, 6.07) is 25.2. The number of benzene rings is 3. The van der Waals surface area contributed by atoms with Crippen LogP contribution in [0.4, 0.5) is 0 Å². The molecule has 3 aromatic rings. The average molecular weight is 472 g/mol. The van der Waals surface area contributed by atoms with Crippen LogP contribution in [0.3, 0.4) is 0 Å². The third kappa shape index (κ3) is 5.79. The molecule has 0 saturated heterocycles. The first-order chi connectivity index (χ1) is 16.4. The first kappa shape index (κ1) is 23.9. The summed E-state index contributed by atoms with van der Waals surface area (Å²) in [6.07, 6.45) is 8.01. The Morgan fingerprint density at radius 1 is 0.912 bits per heavy atom. The molecular formula is C29H29NO3S. The highest BCUT2D eigenvalue weighted by atomic mass is 32.2. The summed E-state index contributed by atoms with van der Waals surface area (Å²) in [6.45, 7) is 1.91. The monoisotopic (exact) mass is 471 g/mol. The molecule has 1 aliphatic carbocycles. The lowest BCUT2D eigenvalue weighted by Gasteiger charge is -2.29. The number of aryl methyl sites for hydroxylation is 1. The van der Waals surface area contributed by atoms with Crippen molar-refractivity contribution in [3.63, 3.8) is 0 Å². The van der Waals surface area contributed by atoms with Gasteiger partial charge in [-0.15, -0.1) is 0 Å². The highest BCUT2D eigenvalue weighted by Crippen LogP contribution is 2.33. The van der Waals surface area contributed by atoms with Gasteiger partial charge in [-0.1, -0.05) is 90.5 Å². The quantitative estimate of drug-likeness (QED) is 0.447. The van der Waals surface area contributed by atoms with Gasteiger partial charge in [-0.3, -0.25) is 4.79 Å². The number of allylic oxidation sites excluding steroid dienone is 3. The van der Waals surface area contributed by atoms with E-state index in [0.29, 0.717) is 12.0 Å². The second-order valence-corrected chi connectivity index (χ2v) is 10.4. The molecule has 3 aromatic carbocycles. The van der Waals surface area contributed by atoms with Crippen LogP contribution in [0.2, 0.25) is 0 Å². The summed E-state index contributed by atoms with van der Waals surface area (Å²) < 4.78 is 29.6. The summed E-state index contributed by atoms with van der Waals surface area (Å²) in [5.41, 5.74) is 3.29. The Bertz CT molecular complexity index is 1280. The van der Waals surface area contributed by atoms with Gasteiger partial charge in [0, 0.05) is 11.5 Å². The SMILES string of the molecule is Cc1ccc(S(=O)(=O)NC(c2ccccc2)C2CCC/C=C\C(=C/c3ccccc3)C2=O)cc1. The van der Waals surface area contributed by atoms with E-state index in [0.717, 1.165) is 29.5 Å². The molecule has 4 nitrogen and oxygen atoms in total. The van der Waals surface area contributed by atoms with Gasteiger partial charge in [0.1, 0.15) is 0 Å². The maximum atomic E-state index is 13.8. The molecule has 0 saturated carbocycles. The molecule has 0 spiro atoms. The van der Waals surface area contributed by atoms with Crippen LogP contribution in [0.25, 0.3) is 6.08 Å². The summed E-state index contributed by atoms with van der Waals surface area (Å²) in [5.74, 6) is -0.581. The molecule has 4 rings (SSSR count). The minimum Gasteiger partial charge on any atom is -0.294 e. The number of hydrogen-bond donors (Lipinski definition) is 1. The van der Waals surface area contributed by atoms with Crippen LogP contribution < -0.4 is 4.72 Å². The van der Waals surface area contributed by atoms with E-state index in [-0.39, 0.29) is 10.7 Å². The van der Waals surface area contributed by atoms with Gasteiger partial charge in [-0.25, -0.2) is 13.1 Å². The second kappa shape index (κ2) is 10.8. The van der Waals surface area contributed by atoms with Crippen LogP contribution in [0, 0.1) is 12.8 Å². The molecule has 1 aliphatic rings. The summed E-state index contributed by atoms with van der Waals surface area (Å²) >= 11 is 0. The fourth-order valence-electron chi connectivity index (χ4n) is 4.25. The molecule has 34 heavy (non-hydrogen) atoms. The highest BCUT2D eigenvalue weighted by Gasteiger charge is 2.34. The van der Waals surface area contributed by atoms with E-state index in [2.05, 4.69) is 4.72 Å². The maximum absolute atomic E-state index is 13.8. The van der Waals surface area contributed by atoms with E-state index in [1.807, 2.05) is 85.8 Å². The van der Waals surface area contributed by atoms with Crippen molar-refractivity contribution in [3.8, 4) is 0 Å². The molecule has 0 bridgehead atoms. The zero-order chi connectivity index (χ0) is 24.0. The molecule has 174 valence electrons. The van der Waals surface area contributed by atoms with Gasteiger partial charge >= 0.3 is 0 Å². The van der Waals surface area contributed by atoms with E-state index < -0.39 is 22.0 Å². The molecule has 2 unspecified atom stereocenters. The molecular weight excluding hydrogens is 442 g/mol. The van der Waals surface area contributed by atoms with Crippen LogP contribution in [0.15, 0.2) is 108 Å². The van der Waals surface area contributed by atoms with Gasteiger partial charge in [-0.2, -0.15) is 0 Å². The van der Waals surface area contributed by atoms with Gasteiger partial charge in [0.05, 0.1) is 10.9 Å². The molecule has 0 aliphatic heterocycles. The van der Waals surface area contributed by atoms with Crippen LogP contribution in [-0.2, 0) is 14.8 Å². The average Bonchev–Trinajstić information content (AvgIpc) is 2.84. The van der Waals surface area contributed by atoms with E-state index in [4.69, 9.17) is 0 Å². The third-order valence-corrected chi connectivity index (χ3v) is 7.56. The van der Waals surface area contributed by atoms with Crippen LogP contribution >= 0.6 is 0 Å². The van der Waals surface area contributed by atoms with Crippen molar-refractivity contribution in [1.82, 2.24) is 4.72 Å². The minimum atomic E-state index is -3.83. The van der Waals surface area contributed by atoms with Crippen molar-refractivity contribution in [2.45, 2.75) is 37.1 Å². The van der Waals surface area contributed by atoms with Crippen LogP contribution in [0.1, 0.15) is 42.0 Å².